The summed E-state index contributed by atoms with van der Waals surface area (Å²) in [4.78, 5) is 27.0. The number of hydrogen-bond donors (Lipinski definition) is 2. The standard InChI is InChI=1S/C16H17NO4S2/c1-9-2-4-10(5-3-9)12(19)11(8-18)17-15(20)13-14(16(17)21)23-7-6-22-13/h2-5,11-12,18-19H,6-8H2,1H3/t11-,12-/m0/s1. The Morgan fingerprint density at radius 1 is 1.09 bits per heavy atom. The number of aryl methyl sites for hydroxylation is 1. The summed E-state index contributed by atoms with van der Waals surface area (Å²) >= 11 is 2.74. The molecule has 0 aromatic heterocycles. The van der Waals surface area contributed by atoms with Crippen molar-refractivity contribution in [3.63, 3.8) is 0 Å². The maximum Gasteiger partial charge on any atom is 0.268 e. The molecule has 0 saturated carbocycles. The Kier molecular flexibility index (Phi) is 4.82. The largest absolute Gasteiger partial charge is 0.394 e. The predicted molar refractivity (Wildman–Crippen MR) is 90.8 cm³/mol. The van der Waals surface area contributed by atoms with Gasteiger partial charge in [-0.05, 0) is 12.5 Å². The van der Waals surface area contributed by atoms with Crippen LogP contribution in [0.3, 0.4) is 0 Å². The zero-order valence-corrected chi connectivity index (χ0v) is 14.2. The quantitative estimate of drug-likeness (QED) is 0.800. The van der Waals surface area contributed by atoms with Crippen molar-refractivity contribution in [1.29, 1.82) is 0 Å². The molecule has 23 heavy (non-hydrogen) atoms. The maximum atomic E-state index is 12.5. The van der Waals surface area contributed by atoms with Gasteiger partial charge in [-0.3, -0.25) is 14.5 Å². The Morgan fingerprint density at radius 2 is 1.61 bits per heavy atom. The van der Waals surface area contributed by atoms with E-state index in [9.17, 15) is 19.8 Å². The molecule has 2 amide bonds. The first-order valence-corrected chi connectivity index (χ1v) is 9.25. The van der Waals surface area contributed by atoms with E-state index in [0.29, 0.717) is 15.4 Å². The van der Waals surface area contributed by atoms with Crippen LogP contribution in [-0.2, 0) is 9.59 Å². The fourth-order valence-electron chi connectivity index (χ4n) is 2.66. The SMILES string of the molecule is Cc1ccc([C@H](O)[C@H](CO)N2C(=O)C3=C(SCCS3)C2=O)cc1. The van der Waals surface area contributed by atoms with Gasteiger partial charge in [-0.1, -0.05) is 29.8 Å². The molecule has 0 aliphatic carbocycles. The van der Waals surface area contributed by atoms with Crippen molar-refractivity contribution in [2.75, 3.05) is 18.1 Å². The first-order valence-electron chi connectivity index (χ1n) is 7.28. The summed E-state index contributed by atoms with van der Waals surface area (Å²) in [6.45, 7) is 1.45. The van der Waals surface area contributed by atoms with E-state index in [4.69, 9.17) is 0 Å². The molecule has 0 radical (unpaired) electrons. The third kappa shape index (κ3) is 2.94. The number of benzene rings is 1. The molecule has 0 bridgehead atoms. The third-order valence-corrected chi connectivity index (χ3v) is 6.45. The van der Waals surface area contributed by atoms with Gasteiger partial charge in [0.2, 0.25) is 0 Å². The third-order valence-electron chi connectivity index (χ3n) is 3.91. The normalized spacial score (nSPS) is 20.7. The first-order chi connectivity index (χ1) is 11.0. The van der Waals surface area contributed by atoms with Gasteiger partial charge in [0.05, 0.1) is 22.5 Å². The fraction of sp³-hybridized carbons (Fsp3) is 0.375. The number of thioether (sulfide) groups is 2. The van der Waals surface area contributed by atoms with Crippen LogP contribution in [0.5, 0.6) is 0 Å². The smallest absolute Gasteiger partial charge is 0.268 e. The molecule has 0 saturated heterocycles. The number of nitrogens with zero attached hydrogens (tertiary/aromatic N) is 1. The zero-order valence-electron chi connectivity index (χ0n) is 12.6. The lowest BCUT2D eigenvalue weighted by Crippen LogP contribution is -2.46. The van der Waals surface area contributed by atoms with Gasteiger partial charge in [0.25, 0.3) is 11.8 Å². The Hall–Kier alpha value is -1.28. The fourth-order valence-corrected chi connectivity index (χ4v) is 4.97. The molecular formula is C16H17NO4S2. The van der Waals surface area contributed by atoms with E-state index < -0.39 is 30.6 Å². The molecule has 1 aromatic rings. The lowest BCUT2D eigenvalue weighted by Gasteiger charge is -2.29. The van der Waals surface area contributed by atoms with E-state index in [0.717, 1.165) is 22.0 Å². The molecule has 2 aliphatic rings. The van der Waals surface area contributed by atoms with Gasteiger partial charge >= 0.3 is 0 Å². The highest BCUT2D eigenvalue weighted by Crippen LogP contribution is 2.42. The van der Waals surface area contributed by atoms with Crippen molar-refractivity contribution >= 4 is 35.3 Å². The van der Waals surface area contributed by atoms with E-state index in [1.54, 1.807) is 12.1 Å². The van der Waals surface area contributed by atoms with Crippen LogP contribution in [0.15, 0.2) is 34.1 Å². The molecule has 2 atom stereocenters. The summed E-state index contributed by atoms with van der Waals surface area (Å²) in [6, 6.07) is 6.18. The van der Waals surface area contributed by atoms with Crippen LogP contribution in [-0.4, -0.2) is 51.1 Å². The van der Waals surface area contributed by atoms with Gasteiger partial charge in [-0.15, -0.1) is 23.5 Å². The Labute approximate surface area is 142 Å². The summed E-state index contributed by atoms with van der Waals surface area (Å²) < 4.78 is 0. The molecule has 7 heteroatoms. The summed E-state index contributed by atoms with van der Waals surface area (Å²) in [5.41, 5.74) is 1.61. The van der Waals surface area contributed by atoms with Crippen LogP contribution in [0, 0.1) is 6.92 Å². The van der Waals surface area contributed by atoms with E-state index in [1.807, 2.05) is 19.1 Å². The lowest BCUT2D eigenvalue weighted by atomic mass is 10.0. The summed E-state index contributed by atoms with van der Waals surface area (Å²) in [5, 5.41) is 20.3. The van der Waals surface area contributed by atoms with Crippen molar-refractivity contribution in [3.05, 3.63) is 45.2 Å². The molecule has 2 N–H and O–H groups in total. The highest BCUT2D eigenvalue weighted by atomic mass is 32.2. The topological polar surface area (TPSA) is 77.8 Å². The minimum absolute atomic E-state index is 0.410. The lowest BCUT2D eigenvalue weighted by molar-refractivity contribution is -0.144. The molecule has 5 nitrogen and oxygen atoms in total. The molecular weight excluding hydrogens is 334 g/mol. The number of aliphatic hydroxyl groups excluding tert-OH is 2. The van der Waals surface area contributed by atoms with Crippen LogP contribution < -0.4 is 0 Å². The second kappa shape index (κ2) is 6.68. The Balaban J connectivity index is 1.88. The van der Waals surface area contributed by atoms with Crippen molar-refractivity contribution in [2.45, 2.75) is 19.1 Å². The van der Waals surface area contributed by atoms with Crippen LogP contribution in [0.4, 0.5) is 0 Å². The van der Waals surface area contributed by atoms with Crippen molar-refractivity contribution < 1.29 is 19.8 Å². The summed E-state index contributed by atoms with van der Waals surface area (Å²) in [7, 11) is 0. The van der Waals surface area contributed by atoms with Crippen molar-refractivity contribution in [2.24, 2.45) is 0 Å². The molecule has 1 aromatic carbocycles. The van der Waals surface area contributed by atoms with Crippen LogP contribution >= 0.6 is 23.5 Å². The average molecular weight is 351 g/mol. The van der Waals surface area contributed by atoms with E-state index in [-0.39, 0.29) is 0 Å². The number of carbonyl (C=O) groups is 2. The van der Waals surface area contributed by atoms with Crippen LogP contribution in [0.2, 0.25) is 0 Å². The monoisotopic (exact) mass is 351 g/mol. The number of hydrogen-bond acceptors (Lipinski definition) is 6. The summed E-state index contributed by atoms with van der Waals surface area (Å²) in [5.74, 6) is 0.737. The molecule has 0 spiro atoms. The minimum atomic E-state index is -1.12. The minimum Gasteiger partial charge on any atom is -0.394 e. The van der Waals surface area contributed by atoms with Crippen molar-refractivity contribution in [1.82, 2.24) is 4.90 Å². The van der Waals surface area contributed by atoms with E-state index in [2.05, 4.69) is 0 Å². The number of rotatable bonds is 4. The number of carbonyl (C=O) groups excluding carboxylic acids is 2. The van der Waals surface area contributed by atoms with Crippen LogP contribution in [0.25, 0.3) is 0 Å². The molecule has 122 valence electrons. The van der Waals surface area contributed by atoms with Gasteiger partial charge in [0.1, 0.15) is 6.10 Å². The van der Waals surface area contributed by atoms with Crippen molar-refractivity contribution in [3.8, 4) is 0 Å². The maximum absolute atomic E-state index is 12.5. The van der Waals surface area contributed by atoms with Gasteiger partial charge in [-0.2, -0.15) is 0 Å². The van der Waals surface area contributed by atoms with Gasteiger partial charge in [0, 0.05) is 11.5 Å². The van der Waals surface area contributed by atoms with E-state index >= 15 is 0 Å². The molecule has 2 heterocycles. The molecule has 0 fully saturated rings. The second-order valence-corrected chi connectivity index (χ2v) is 7.65. The van der Waals surface area contributed by atoms with Gasteiger partial charge in [0.15, 0.2) is 0 Å². The predicted octanol–water partition coefficient (Wildman–Crippen LogP) is 1.45. The molecule has 3 rings (SSSR count). The molecule has 0 unspecified atom stereocenters. The zero-order chi connectivity index (χ0) is 16.6. The van der Waals surface area contributed by atoms with Gasteiger partial charge in [-0.25, -0.2) is 0 Å². The second-order valence-electron chi connectivity index (χ2n) is 5.44. The average Bonchev–Trinajstić information content (AvgIpc) is 2.82. The number of imide groups is 1. The van der Waals surface area contributed by atoms with E-state index in [1.165, 1.54) is 23.5 Å². The number of aliphatic hydroxyl groups is 2. The first kappa shape index (κ1) is 16.6. The van der Waals surface area contributed by atoms with Gasteiger partial charge < -0.3 is 10.2 Å². The highest BCUT2D eigenvalue weighted by molar-refractivity contribution is 8.11. The molecule has 2 aliphatic heterocycles. The Morgan fingerprint density at radius 3 is 2.09 bits per heavy atom. The van der Waals surface area contributed by atoms with Crippen LogP contribution in [0.1, 0.15) is 17.2 Å². The summed E-state index contributed by atoms with van der Waals surface area (Å²) in [6.07, 6.45) is -1.12. The Bertz CT molecular complexity index is 643. The highest BCUT2D eigenvalue weighted by Gasteiger charge is 2.45. The number of amides is 2.